The van der Waals surface area contributed by atoms with Crippen LogP contribution in [0, 0.1) is 5.92 Å². The normalized spacial score (nSPS) is 16.8. The summed E-state index contributed by atoms with van der Waals surface area (Å²) >= 11 is 6.13. The zero-order valence-corrected chi connectivity index (χ0v) is 23.4. The fourth-order valence-corrected chi connectivity index (χ4v) is 4.57. The summed E-state index contributed by atoms with van der Waals surface area (Å²) in [5.41, 5.74) is 2.61. The molecule has 0 aliphatic carbocycles. The van der Waals surface area contributed by atoms with Crippen LogP contribution in [0.25, 0.3) is 0 Å². The van der Waals surface area contributed by atoms with Crippen LogP contribution >= 0.6 is 11.6 Å². The van der Waals surface area contributed by atoms with E-state index in [1.807, 2.05) is 18.2 Å². The lowest BCUT2D eigenvalue weighted by molar-refractivity contribution is -0.849. The molecule has 1 aliphatic rings. The first kappa shape index (κ1) is 30.8. The van der Waals surface area contributed by atoms with Crippen LogP contribution in [0.15, 0.2) is 54.6 Å². The van der Waals surface area contributed by atoms with Gasteiger partial charge in [-0.2, -0.15) is 0 Å². The van der Waals surface area contributed by atoms with Crippen molar-refractivity contribution in [3.05, 3.63) is 70.7 Å². The van der Waals surface area contributed by atoms with Gasteiger partial charge >= 0.3 is 0 Å². The van der Waals surface area contributed by atoms with Crippen LogP contribution in [-0.2, 0) is 14.3 Å². The lowest BCUT2D eigenvalue weighted by atomic mass is 9.77. The fourth-order valence-electron chi connectivity index (χ4n) is 4.44. The molecular weight excluding hydrogens is 490 g/mol. The predicted molar refractivity (Wildman–Crippen MR) is 146 cm³/mol. The molecule has 2 aromatic rings. The van der Waals surface area contributed by atoms with Gasteiger partial charge in [0.1, 0.15) is 6.61 Å². The number of amides is 1. The molecule has 1 saturated heterocycles. The Bertz CT molecular complexity index is 942. The Labute approximate surface area is 227 Å². The zero-order chi connectivity index (χ0) is 27.3. The summed E-state index contributed by atoms with van der Waals surface area (Å²) in [5, 5.41) is 13.8. The number of carbonyl (C=O) groups excluding carboxylic acids is 2. The number of ether oxygens (including phenoxy) is 1. The molecule has 1 heterocycles. The Morgan fingerprint density at radius 2 is 1.68 bits per heavy atom. The number of carbonyl (C=O) groups is 2. The van der Waals surface area contributed by atoms with Gasteiger partial charge in [0.05, 0.1) is 40.8 Å². The second kappa shape index (κ2) is 15.7. The number of halogens is 1. The van der Waals surface area contributed by atoms with Gasteiger partial charge < -0.3 is 29.3 Å². The third-order valence-electron chi connectivity index (χ3n) is 5.83. The van der Waals surface area contributed by atoms with Crippen LogP contribution in [0.4, 0.5) is 0 Å². The number of carboxylic acids is 1. The fraction of sp³-hybridized carbons (Fsp3) is 0.517. The van der Waals surface area contributed by atoms with Crippen LogP contribution in [-0.4, -0.2) is 88.8 Å². The highest BCUT2D eigenvalue weighted by molar-refractivity contribution is 6.30. The van der Waals surface area contributed by atoms with E-state index in [2.05, 4.69) is 74.8 Å². The third-order valence-corrected chi connectivity index (χ3v) is 6.08. The summed E-state index contributed by atoms with van der Waals surface area (Å²) in [6, 6.07) is 18.9. The summed E-state index contributed by atoms with van der Waals surface area (Å²) in [4.78, 5) is 24.5. The van der Waals surface area contributed by atoms with Crippen molar-refractivity contribution >= 4 is 23.5 Å². The number of piperidine rings is 1. The van der Waals surface area contributed by atoms with E-state index in [0.717, 1.165) is 42.0 Å². The Kier molecular flexibility index (Phi) is 13.1. The molecule has 0 bridgehead atoms. The maximum absolute atomic E-state index is 11.7. The lowest BCUT2D eigenvalue weighted by Crippen LogP contribution is -2.40. The molecule has 2 unspecified atom stereocenters. The van der Waals surface area contributed by atoms with E-state index in [4.69, 9.17) is 16.3 Å². The number of hydrogen-bond acceptors (Lipinski definition) is 5. The van der Waals surface area contributed by atoms with Crippen molar-refractivity contribution in [2.45, 2.75) is 25.2 Å². The van der Waals surface area contributed by atoms with Gasteiger partial charge in [0.25, 0.3) is 0 Å². The van der Waals surface area contributed by atoms with Crippen molar-refractivity contribution in [1.82, 2.24) is 10.2 Å². The number of likely N-dealkylation sites (tertiary alicyclic amines) is 1. The molecule has 0 radical (unpaired) electrons. The van der Waals surface area contributed by atoms with Gasteiger partial charge in [-0.05, 0) is 61.5 Å². The highest BCUT2D eigenvalue weighted by atomic mass is 35.5. The first-order valence-corrected chi connectivity index (χ1v) is 13.3. The number of nitrogens with one attached hydrogen (secondary N) is 1. The average Bonchev–Trinajstić information content (AvgIpc) is 2.83. The minimum Gasteiger partial charge on any atom is -0.548 e. The van der Waals surface area contributed by atoms with Crippen LogP contribution in [0.5, 0.6) is 0 Å². The molecule has 2 atom stereocenters. The molecule has 7 nitrogen and oxygen atoms in total. The number of hydrogen-bond donors (Lipinski definition) is 1. The van der Waals surface area contributed by atoms with Gasteiger partial charge in [0.2, 0.25) is 5.91 Å². The summed E-state index contributed by atoms with van der Waals surface area (Å²) in [6.45, 7) is 2.66. The molecule has 8 heteroatoms. The van der Waals surface area contributed by atoms with E-state index in [1.54, 1.807) is 0 Å². The molecule has 3 rings (SSSR count). The summed E-state index contributed by atoms with van der Waals surface area (Å²) in [6.07, 6.45) is 3.14. The minimum absolute atomic E-state index is 0.264. The minimum atomic E-state index is -1.33. The number of nitrogens with zero attached hydrogens (tertiary/aromatic N) is 2. The van der Waals surface area contributed by atoms with Gasteiger partial charge in [-0.25, -0.2) is 0 Å². The third kappa shape index (κ3) is 13.1. The zero-order valence-electron chi connectivity index (χ0n) is 22.6. The monoisotopic (exact) mass is 531 g/mol. The maximum atomic E-state index is 11.7. The first-order valence-electron chi connectivity index (χ1n) is 12.9. The van der Waals surface area contributed by atoms with E-state index in [1.165, 1.54) is 17.5 Å². The smallest absolute Gasteiger partial charge is 0.246 e. The second-order valence-corrected chi connectivity index (χ2v) is 11.3. The number of benzene rings is 2. The molecule has 1 N–H and O–H groups in total. The van der Waals surface area contributed by atoms with Gasteiger partial charge in [0.15, 0.2) is 0 Å². The largest absolute Gasteiger partial charge is 0.548 e. The van der Waals surface area contributed by atoms with E-state index in [-0.39, 0.29) is 12.5 Å². The maximum Gasteiger partial charge on any atom is 0.246 e. The Morgan fingerprint density at radius 1 is 1.05 bits per heavy atom. The topological polar surface area (TPSA) is 81.7 Å². The summed E-state index contributed by atoms with van der Waals surface area (Å²) < 4.78 is 5.74. The quantitative estimate of drug-likeness (QED) is 0.356. The van der Waals surface area contributed by atoms with Crippen LogP contribution in [0.3, 0.4) is 0 Å². The molecular formula is C29H42ClN3O4. The highest BCUT2D eigenvalue weighted by Crippen LogP contribution is 2.37. The van der Waals surface area contributed by atoms with Crippen molar-refractivity contribution in [2.75, 3.05) is 67.6 Å². The summed E-state index contributed by atoms with van der Waals surface area (Å²) in [7, 11) is 8.50. The predicted octanol–water partition coefficient (Wildman–Crippen LogP) is 2.78. The van der Waals surface area contributed by atoms with E-state index >= 15 is 0 Å². The van der Waals surface area contributed by atoms with E-state index < -0.39 is 12.6 Å². The Morgan fingerprint density at radius 3 is 2.30 bits per heavy atom. The SMILES string of the molecule is C[N+](C)(C)C.O=C([O-])COCC(=O)NCCCN1CCCC(C(c2ccccc2)c2ccc(Cl)cc2)C1. The van der Waals surface area contributed by atoms with E-state index in [0.29, 0.717) is 18.4 Å². The van der Waals surface area contributed by atoms with E-state index in [9.17, 15) is 14.7 Å². The van der Waals surface area contributed by atoms with Crippen molar-refractivity contribution in [2.24, 2.45) is 5.92 Å². The molecule has 37 heavy (non-hydrogen) atoms. The number of rotatable bonds is 11. The number of quaternary nitrogens is 1. The second-order valence-electron chi connectivity index (χ2n) is 10.9. The molecule has 0 saturated carbocycles. The van der Waals surface area contributed by atoms with Gasteiger partial charge in [-0.15, -0.1) is 0 Å². The van der Waals surface area contributed by atoms with Gasteiger partial charge in [-0.3, -0.25) is 4.79 Å². The van der Waals surface area contributed by atoms with Gasteiger partial charge in [0, 0.05) is 24.0 Å². The average molecular weight is 532 g/mol. The molecule has 0 aromatic heterocycles. The standard InChI is InChI=1S/C25H31ClN2O4.C4H12N/c26-22-11-9-20(10-12-22)25(19-6-2-1-3-7-19)21-8-4-14-28(16-21)15-5-13-27-23(29)17-32-18-24(30)31;1-5(2,3)4/h1-3,6-7,9-12,21,25H,4-5,8,13-18H2,(H,27,29)(H,30,31);1-4H3/q;+1/p-1. The summed E-state index contributed by atoms with van der Waals surface area (Å²) in [5.74, 6) is -0.823. The van der Waals surface area contributed by atoms with Crippen LogP contribution in [0.2, 0.25) is 5.02 Å². The Hall–Kier alpha value is -2.45. The number of aliphatic carboxylic acids is 1. The lowest BCUT2D eigenvalue weighted by Gasteiger charge is -2.37. The van der Waals surface area contributed by atoms with Crippen molar-refractivity contribution in [3.63, 3.8) is 0 Å². The van der Waals surface area contributed by atoms with Crippen LogP contribution < -0.4 is 10.4 Å². The van der Waals surface area contributed by atoms with Crippen molar-refractivity contribution in [3.8, 4) is 0 Å². The molecule has 1 aliphatic heterocycles. The van der Waals surface area contributed by atoms with Crippen molar-refractivity contribution < 1.29 is 23.9 Å². The van der Waals surface area contributed by atoms with Gasteiger partial charge in [-0.1, -0.05) is 54.1 Å². The molecule has 204 valence electrons. The first-order chi connectivity index (χ1) is 17.5. The molecule has 2 aromatic carbocycles. The molecule has 1 fully saturated rings. The highest BCUT2D eigenvalue weighted by Gasteiger charge is 2.29. The molecule has 1 amide bonds. The Balaban J connectivity index is 0.000000877. The van der Waals surface area contributed by atoms with Crippen molar-refractivity contribution in [1.29, 1.82) is 0 Å². The molecule has 0 spiro atoms. The van der Waals surface area contributed by atoms with Crippen LogP contribution in [0.1, 0.15) is 36.3 Å². The number of carboxylic acid groups (broad SMARTS) is 1.